The van der Waals surface area contributed by atoms with Crippen LogP contribution in [0.4, 0.5) is 0 Å². The number of nitrogens with one attached hydrogen (secondary N) is 3. The Morgan fingerprint density at radius 1 is 1.07 bits per heavy atom. The van der Waals surface area contributed by atoms with Crippen LogP contribution in [0.25, 0.3) is 0 Å². The molecule has 1 saturated heterocycles. The molecule has 0 bridgehead atoms. The number of carbonyl (C=O) groups excluding carboxylic acids is 4. The summed E-state index contributed by atoms with van der Waals surface area (Å²) < 4.78 is 0. The fraction of sp³-hybridized carbons (Fsp3) is 0.645. The van der Waals surface area contributed by atoms with Gasteiger partial charge < -0.3 is 30.8 Å². The predicted molar refractivity (Wildman–Crippen MR) is 182 cm³/mol. The lowest BCUT2D eigenvalue weighted by atomic mass is 9.84. The number of carbonyl (C=O) groups is 5. The van der Waals surface area contributed by atoms with Gasteiger partial charge in [-0.2, -0.15) is 0 Å². The minimum Gasteiger partial charge on any atom is -0.480 e. The SMILES string of the molecule is CNC(CSSCC(NC(=O)C1CCCN1C(=O)C(C)(C)C)C(=O)NCCC1(C=O)CCCC1)C(=O)O.Pc1ccccc1. The fourth-order valence-electron chi connectivity index (χ4n) is 5.19. The van der Waals surface area contributed by atoms with Gasteiger partial charge in [-0.1, -0.05) is 85.5 Å². The van der Waals surface area contributed by atoms with Crippen LogP contribution in [0, 0.1) is 10.8 Å². The number of carboxylic acid groups (broad SMARTS) is 1. The van der Waals surface area contributed by atoms with Gasteiger partial charge in [-0.25, -0.2) is 0 Å². The molecule has 4 N–H and O–H groups in total. The van der Waals surface area contributed by atoms with Crippen LogP contribution in [0.1, 0.15) is 65.7 Å². The second-order valence-electron chi connectivity index (χ2n) is 12.4. The van der Waals surface area contributed by atoms with Crippen LogP contribution in [0.5, 0.6) is 0 Å². The van der Waals surface area contributed by atoms with Crippen LogP contribution in [-0.2, 0) is 24.0 Å². The Labute approximate surface area is 272 Å². The normalized spacial score (nSPS) is 18.8. The van der Waals surface area contributed by atoms with Crippen molar-refractivity contribution in [2.45, 2.75) is 83.8 Å². The van der Waals surface area contributed by atoms with Gasteiger partial charge >= 0.3 is 5.97 Å². The van der Waals surface area contributed by atoms with Crippen LogP contribution >= 0.6 is 30.8 Å². The van der Waals surface area contributed by atoms with Crippen molar-refractivity contribution in [2.75, 3.05) is 31.6 Å². The summed E-state index contributed by atoms with van der Waals surface area (Å²) in [5.41, 5.74) is -0.998. The Morgan fingerprint density at radius 3 is 2.18 bits per heavy atom. The quantitative estimate of drug-likeness (QED) is 0.102. The van der Waals surface area contributed by atoms with Gasteiger partial charge in [0.05, 0.1) is 0 Å². The zero-order valence-electron chi connectivity index (χ0n) is 26.3. The number of benzene rings is 1. The molecule has 4 unspecified atom stereocenters. The van der Waals surface area contributed by atoms with Crippen LogP contribution < -0.4 is 21.3 Å². The lowest BCUT2D eigenvalue weighted by Gasteiger charge is -2.31. The molecule has 2 aliphatic rings. The summed E-state index contributed by atoms with van der Waals surface area (Å²) in [4.78, 5) is 63.7. The first-order chi connectivity index (χ1) is 20.8. The van der Waals surface area contributed by atoms with E-state index in [1.165, 1.54) is 26.9 Å². The van der Waals surface area contributed by atoms with E-state index in [9.17, 15) is 29.1 Å². The zero-order chi connectivity index (χ0) is 32.8. The first kappa shape index (κ1) is 38.0. The first-order valence-corrected chi connectivity index (χ1v) is 18.2. The van der Waals surface area contributed by atoms with E-state index >= 15 is 0 Å². The first-order valence-electron chi connectivity index (χ1n) is 15.1. The molecule has 1 aromatic rings. The molecule has 13 heteroatoms. The lowest BCUT2D eigenvalue weighted by molar-refractivity contribution is -0.145. The molecule has 0 radical (unpaired) electrons. The van der Waals surface area contributed by atoms with E-state index in [0.717, 1.165) is 38.4 Å². The van der Waals surface area contributed by atoms with Crippen LogP contribution in [0.2, 0.25) is 0 Å². The lowest BCUT2D eigenvalue weighted by Crippen LogP contribution is -2.55. The zero-order valence-corrected chi connectivity index (χ0v) is 29.1. The number of amides is 3. The number of hydrogen-bond donors (Lipinski definition) is 4. The van der Waals surface area contributed by atoms with E-state index in [4.69, 9.17) is 0 Å². The molecule has 2 fully saturated rings. The Morgan fingerprint density at radius 2 is 1.68 bits per heavy atom. The molecule has 1 aliphatic heterocycles. The number of likely N-dealkylation sites (N-methyl/N-ethyl adjacent to an activating group) is 1. The van der Waals surface area contributed by atoms with Crippen LogP contribution in [-0.4, -0.2) is 89.8 Å². The molecule has 4 atom stereocenters. The Hall–Kier alpha value is -2.14. The molecule has 44 heavy (non-hydrogen) atoms. The molecule has 0 spiro atoms. The van der Waals surface area contributed by atoms with Crippen molar-refractivity contribution in [1.29, 1.82) is 0 Å². The molecule has 246 valence electrons. The highest BCUT2D eigenvalue weighted by Gasteiger charge is 2.40. The van der Waals surface area contributed by atoms with Crippen molar-refractivity contribution in [3.05, 3.63) is 30.3 Å². The Kier molecular flexibility index (Phi) is 16.2. The summed E-state index contributed by atoms with van der Waals surface area (Å²) in [5.74, 6) is -1.25. The van der Waals surface area contributed by atoms with Gasteiger partial charge in [-0.15, -0.1) is 9.24 Å². The van der Waals surface area contributed by atoms with E-state index < -0.39 is 29.5 Å². The van der Waals surface area contributed by atoms with Gasteiger partial charge in [-0.05, 0) is 44.5 Å². The van der Waals surface area contributed by atoms with Crippen molar-refractivity contribution >= 4 is 66.1 Å². The maximum absolute atomic E-state index is 13.2. The molecule has 10 nitrogen and oxygen atoms in total. The number of aldehydes is 1. The third kappa shape index (κ3) is 12.3. The molecular formula is C31H49N4O6PS2. The largest absolute Gasteiger partial charge is 0.480 e. The van der Waals surface area contributed by atoms with Gasteiger partial charge in [0.1, 0.15) is 24.4 Å². The summed E-state index contributed by atoms with van der Waals surface area (Å²) in [5, 5.41) is 18.9. The minimum atomic E-state index is -0.959. The second-order valence-corrected chi connectivity index (χ2v) is 15.6. The van der Waals surface area contributed by atoms with Gasteiger partial charge in [0, 0.05) is 35.4 Å². The smallest absolute Gasteiger partial charge is 0.321 e. The van der Waals surface area contributed by atoms with E-state index in [-0.39, 0.29) is 34.6 Å². The maximum Gasteiger partial charge on any atom is 0.321 e. The number of hydrogen-bond acceptors (Lipinski definition) is 8. The standard InChI is InChI=1S/C25H42N4O6S2.C6H7P/c1-24(2,3)23(35)29-13-7-8-19(29)21(32)28-17(14-36-37-15-18(26-4)22(33)34)20(31)27-12-11-25(16-30)9-5-6-10-25;7-6-4-2-1-3-5-6/h16-19,26H,5-15H2,1-4H3,(H,27,31)(H,28,32)(H,33,34);1-5H,7H2. The van der Waals surface area contributed by atoms with E-state index in [1.54, 1.807) is 11.9 Å². The Bertz CT molecular complexity index is 1100. The van der Waals surface area contributed by atoms with Gasteiger partial charge in [-0.3, -0.25) is 19.2 Å². The topological polar surface area (TPSA) is 145 Å². The second kappa shape index (κ2) is 18.7. The van der Waals surface area contributed by atoms with E-state index in [1.807, 2.05) is 51.1 Å². The molecular weight excluding hydrogens is 619 g/mol. The van der Waals surface area contributed by atoms with E-state index in [2.05, 4.69) is 25.2 Å². The van der Waals surface area contributed by atoms with Gasteiger partial charge in [0.2, 0.25) is 17.7 Å². The van der Waals surface area contributed by atoms with Gasteiger partial charge in [0.25, 0.3) is 0 Å². The summed E-state index contributed by atoms with van der Waals surface area (Å²) >= 11 is 0. The third-order valence-electron chi connectivity index (χ3n) is 7.86. The highest BCUT2D eigenvalue weighted by atomic mass is 33.1. The fourth-order valence-corrected chi connectivity index (χ4v) is 7.82. The maximum atomic E-state index is 13.2. The number of nitrogens with zero attached hydrogens (tertiary/aromatic N) is 1. The molecule has 1 heterocycles. The minimum absolute atomic E-state index is 0.0985. The van der Waals surface area contributed by atoms with Gasteiger partial charge in [0.15, 0.2) is 0 Å². The van der Waals surface area contributed by atoms with Crippen molar-refractivity contribution in [3.8, 4) is 0 Å². The molecule has 1 saturated carbocycles. The van der Waals surface area contributed by atoms with Crippen LogP contribution in [0.3, 0.4) is 0 Å². The molecule has 1 aromatic carbocycles. The summed E-state index contributed by atoms with van der Waals surface area (Å²) in [6.45, 7) is 6.29. The van der Waals surface area contributed by atoms with Crippen LogP contribution in [0.15, 0.2) is 30.3 Å². The highest BCUT2D eigenvalue weighted by Crippen LogP contribution is 2.38. The Balaban J connectivity index is 0.000000843. The molecule has 0 aromatic heterocycles. The van der Waals surface area contributed by atoms with Crippen molar-refractivity contribution < 1.29 is 29.1 Å². The molecule has 3 rings (SSSR count). The average Bonchev–Trinajstić information content (AvgIpc) is 3.67. The molecule has 3 amide bonds. The summed E-state index contributed by atoms with van der Waals surface area (Å²) in [7, 11) is 6.82. The number of carboxylic acids is 1. The average molecular weight is 669 g/mol. The monoisotopic (exact) mass is 668 g/mol. The van der Waals surface area contributed by atoms with Crippen molar-refractivity contribution in [3.63, 3.8) is 0 Å². The summed E-state index contributed by atoms with van der Waals surface area (Å²) in [6, 6.07) is 7.93. The third-order valence-corrected chi connectivity index (χ3v) is 10.7. The highest BCUT2D eigenvalue weighted by molar-refractivity contribution is 8.76. The van der Waals surface area contributed by atoms with Crippen molar-refractivity contribution in [1.82, 2.24) is 20.9 Å². The number of likely N-dealkylation sites (tertiary alicyclic amines) is 1. The summed E-state index contributed by atoms with van der Waals surface area (Å²) in [6.07, 6.45) is 6.50. The number of rotatable bonds is 14. The number of aliphatic carboxylic acids is 1. The predicted octanol–water partition coefficient (Wildman–Crippen LogP) is 3.01. The van der Waals surface area contributed by atoms with Crippen molar-refractivity contribution in [2.24, 2.45) is 10.8 Å². The molecule has 1 aliphatic carbocycles. The van der Waals surface area contributed by atoms with E-state index in [0.29, 0.717) is 25.9 Å².